The van der Waals surface area contributed by atoms with Crippen LogP contribution in [-0.2, 0) is 4.74 Å². The van der Waals surface area contributed by atoms with E-state index in [2.05, 4.69) is 20.5 Å². The molecule has 1 saturated heterocycles. The van der Waals surface area contributed by atoms with E-state index in [0.717, 1.165) is 18.7 Å². The first-order valence-corrected chi connectivity index (χ1v) is 10.1. The molecule has 1 heterocycles. The molecule has 2 rings (SSSR count). The van der Waals surface area contributed by atoms with E-state index in [4.69, 9.17) is 4.74 Å². The Morgan fingerprint density at radius 1 is 1.20 bits per heavy atom. The van der Waals surface area contributed by atoms with Gasteiger partial charge in [-0.3, -0.25) is 14.8 Å². The Kier molecular flexibility index (Phi) is 9.80. The fourth-order valence-electron chi connectivity index (χ4n) is 3.28. The predicted molar refractivity (Wildman–Crippen MR) is 109 cm³/mol. The Morgan fingerprint density at radius 2 is 1.87 bits per heavy atom. The number of hydrogen-bond donors (Lipinski definition) is 2. The van der Waals surface area contributed by atoms with Crippen molar-refractivity contribution >= 4 is 5.96 Å². The van der Waals surface area contributed by atoms with Gasteiger partial charge in [0, 0.05) is 32.7 Å². The molecule has 1 aromatic rings. The lowest BCUT2D eigenvalue weighted by Crippen LogP contribution is -2.43. The fourth-order valence-corrected chi connectivity index (χ4v) is 3.28. The number of rotatable bonds is 9. The number of benzene rings is 1. The van der Waals surface area contributed by atoms with Crippen LogP contribution in [0.2, 0.25) is 0 Å². The molecular weight excluding hydrogens is 402 g/mol. The van der Waals surface area contributed by atoms with Gasteiger partial charge in [-0.25, -0.2) is 4.39 Å². The summed E-state index contributed by atoms with van der Waals surface area (Å²) >= 11 is 0. The van der Waals surface area contributed by atoms with Crippen molar-refractivity contribution in [1.29, 1.82) is 0 Å². The van der Waals surface area contributed by atoms with Gasteiger partial charge in [-0.05, 0) is 31.7 Å². The Morgan fingerprint density at radius 3 is 2.47 bits per heavy atom. The second kappa shape index (κ2) is 12.1. The number of morpholine rings is 1. The summed E-state index contributed by atoms with van der Waals surface area (Å²) in [5.74, 6) is 0.249. The standard InChI is InChI=1S/C20H31F4N5O/c1-3-25-19(26-8-9-28(2)15-20(22,23)24)27-14-18(29-10-12-30-13-11-29)16-4-6-17(21)7-5-16/h4-7,18H,3,8-15H2,1-2H3,(H2,25,26,27). The van der Waals surface area contributed by atoms with E-state index in [9.17, 15) is 17.6 Å². The van der Waals surface area contributed by atoms with E-state index in [0.29, 0.717) is 38.8 Å². The lowest BCUT2D eigenvalue weighted by molar-refractivity contribution is -0.142. The first kappa shape index (κ1) is 24.4. The zero-order chi connectivity index (χ0) is 22.0. The van der Waals surface area contributed by atoms with Crippen molar-refractivity contribution in [2.45, 2.75) is 19.1 Å². The summed E-state index contributed by atoms with van der Waals surface area (Å²) < 4.78 is 56.1. The normalized spacial score (nSPS) is 17.2. The van der Waals surface area contributed by atoms with Crippen LogP contribution in [0.1, 0.15) is 18.5 Å². The molecule has 0 radical (unpaired) electrons. The van der Waals surface area contributed by atoms with Crippen molar-refractivity contribution in [2.24, 2.45) is 4.99 Å². The van der Waals surface area contributed by atoms with Crippen LogP contribution in [0.25, 0.3) is 0 Å². The Hall–Kier alpha value is -1.91. The molecule has 0 spiro atoms. The predicted octanol–water partition coefficient (Wildman–Crippen LogP) is 2.25. The van der Waals surface area contributed by atoms with Crippen LogP contribution in [0.3, 0.4) is 0 Å². The maximum absolute atomic E-state index is 13.4. The summed E-state index contributed by atoms with van der Waals surface area (Å²) in [7, 11) is 1.43. The average molecular weight is 433 g/mol. The van der Waals surface area contributed by atoms with Gasteiger partial charge in [0.25, 0.3) is 0 Å². The Bertz CT molecular complexity index is 648. The molecule has 30 heavy (non-hydrogen) atoms. The van der Waals surface area contributed by atoms with Gasteiger partial charge in [0.15, 0.2) is 5.96 Å². The van der Waals surface area contributed by atoms with Crippen molar-refractivity contribution in [3.63, 3.8) is 0 Å². The lowest BCUT2D eigenvalue weighted by atomic mass is 10.0. The van der Waals surface area contributed by atoms with Gasteiger partial charge in [0.1, 0.15) is 5.82 Å². The first-order chi connectivity index (χ1) is 14.3. The highest BCUT2D eigenvalue weighted by Crippen LogP contribution is 2.22. The van der Waals surface area contributed by atoms with Crippen LogP contribution >= 0.6 is 0 Å². The van der Waals surface area contributed by atoms with Gasteiger partial charge in [-0.15, -0.1) is 0 Å². The number of hydrogen-bond acceptors (Lipinski definition) is 4. The van der Waals surface area contributed by atoms with E-state index in [1.165, 1.54) is 24.1 Å². The SMILES string of the molecule is CCNC(=NCC(c1ccc(F)cc1)N1CCOCC1)NCCN(C)CC(F)(F)F. The molecule has 0 amide bonds. The second-order valence-corrected chi connectivity index (χ2v) is 7.22. The van der Waals surface area contributed by atoms with Gasteiger partial charge in [0.2, 0.25) is 0 Å². The molecule has 10 heteroatoms. The smallest absolute Gasteiger partial charge is 0.379 e. The Labute approximate surface area is 175 Å². The summed E-state index contributed by atoms with van der Waals surface area (Å²) in [5.41, 5.74) is 0.961. The number of ether oxygens (including phenoxy) is 1. The zero-order valence-electron chi connectivity index (χ0n) is 17.5. The van der Waals surface area contributed by atoms with Crippen molar-refractivity contribution in [1.82, 2.24) is 20.4 Å². The molecule has 1 aromatic carbocycles. The minimum atomic E-state index is -4.21. The molecule has 0 bridgehead atoms. The third kappa shape index (κ3) is 8.85. The van der Waals surface area contributed by atoms with Crippen molar-refractivity contribution in [3.8, 4) is 0 Å². The fraction of sp³-hybridized carbons (Fsp3) is 0.650. The lowest BCUT2D eigenvalue weighted by Gasteiger charge is -2.34. The van der Waals surface area contributed by atoms with Crippen LogP contribution in [0.5, 0.6) is 0 Å². The first-order valence-electron chi connectivity index (χ1n) is 10.1. The van der Waals surface area contributed by atoms with Crippen molar-refractivity contribution in [3.05, 3.63) is 35.6 Å². The molecule has 0 aromatic heterocycles. The second-order valence-electron chi connectivity index (χ2n) is 7.22. The highest BCUT2D eigenvalue weighted by molar-refractivity contribution is 5.79. The maximum Gasteiger partial charge on any atom is 0.401 e. The molecule has 0 aliphatic carbocycles. The largest absolute Gasteiger partial charge is 0.401 e. The minimum Gasteiger partial charge on any atom is -0.379 e. The molecule has 0 saturated carbocycles. The quantitative estimate of drug-likeness (QED) is 0.356. The maximum atomic E-state index is 13.4. The highest BCUT2D eigenvalue weighted by atomic mass is 19.4. The van der Waals surface area contributed by atoms with Crippen LogP contribution in [-0.4, -0.2) is 88.0 Å². The number of aliphatic imine (C=N–C) groups is 1. The van der Waals surface area contributed by atoms with Gasteiger partial charge in [-0.1, -0.05) is 12.1 Å². The number of alkyl halides is 3. The molecule has 6 nitrogen and oxygen atoms in total. The molecule has 170 valence electrons. The molecule has 1 aliphatic rings. The number of nitrogens with one attached hydrogen (secondary N) is 2. The zero-order valence-corrected chi connectivity index (χ0v) is 17.5. The van der Waals surface area contributed by atoms with Gasteiger partial charge >= 0.3 is 6.18 Å². The van der Waals surface area contributed by atoms with Gasteiger partial charge in [-0.2, -0.15) is 13.2 Å². The third-order valence-corrected chi connectivity index (χ3v) is 4.74. The number of nitrogens with zero attached hydrogens (tertiary/aromatic N) is 3. The van der Waals surface area contributed by atoms with E-state index in [1.807, 2.05) is 6.92 Å². The minimum absolute atomic E-state index is 0.0436. The van der Waals surface area contributed by atoms with Crippen LogP contribution < -0.4 is 10.6 Å². The highest BCUT2D eigenvalue weighted by Gasteiger charge is 2.29. The summed E-state index contributed by atoms with van der Waals surface area (Å²) in [6, 6.07) is 6.35. The monoisotopic (exact) mass is 433 g/mol. The molecule has 1 aliphatic heterocycles. The van der Waals surface area contributed by atoms with Crippen LogP contribution in [0.4, 0.5) is 17.6 Å². The van der Waals surface area contributed by atoms with E-state index < -0.39 is 12.7 Å². The van der Waals surface area contributed by atoms with Crippen LogP contribution in [0, 0.1) is 5.82 Å². The molecule has 2 N–H and O–H groups in total. The van der Waals surface area contributed by atoms with Crippen molar-refractivity contribution < 1.29 is 22.3 Å². The summed E-state index contributed by atoms with van der Waals surface area (Å²) in [6.45, 7) is 5.36. The van der Waals surface area contributed by atoms with Gasteiger partial charge < -0.3 is 15.4 Å². The number of guanidine groups is 1. The summed E-state index contributed by atoms with van der Waals surface area (Å²) in [5, 5.41) is 6.20. The summed E-state index contributed by atoms with van der Waals surface area (Å²) in [4.78, 5) is 8.10. The topological polar surface area (TPSA) is 52.1 Å². The molecular formula is C20H31F4N5O. The van der Waals surface area contributed by atoms with E-state index in [-0.39, 0.29) is 18.4 Å². The average Bonchev–Trinajstić information content (AvgIpc) is 2.69. The number of halogens is 4. The van der Waals surface area contributed by atoms with E-state index in [1.54, 1.807) is 12.1 Å². The van der Waals surface area contributed by atoms with Crippen molar-refractivity contribution in [2.75, 3.05) is 66.1 Å². The van der Waals surface area contributed by atoms with Gasteiger partial charge in [0.05, 0.1) is 32.3 Å². The van der Waals surface area contributed by atoms with E-state index >= 15 is 0 Å². The Balaban J connectivity index is 2.00. The number of likely N-dealkylation sites (N-methyl/N-ethyl adjacent to an activating group) is 1. The van der Waals surface area contributed by atoms with Crippen LogP contribution in [0.15, 0.2) is 29.3 Å². The third-order valence-electron chi connectivity index (χ3n) is 4.74. The summed E-state index contributed by atoms with van der Waals surface area (Å²) in [6.07, 6.45) is -4.21. The molecule has 1 fully saturated rings. The molecule has 1 unspecified atom stereocenters. The molecule has 1 atom stereocenters.